The second-order valence-corrected chi connectivity index (χ2v) is 8.95. The molecule has 0 aliphatic heterocycles. The molecule has 1 amide bonds. The molecular weight excluding hydrogens is 449 g/mol. The molecule has 0 unspecified atom stereocenters. The third-order valence-corrected chi connectivity index (χ3v) is 5.52. The van der Waals surface area contributed by atoms with Crippen molar-refractivity contribution >= 4 is 35.1 Å². The normalized spacial score (nSPS) is 11.1. The Labute approximate surface area is 197 Å². The number of nitrogens with one attached hydrogen (secondary N) is 1. The van der Waals surface area contributed by atoms with Gasteiger partial charge >= 0.3 is 5.97 Å². The summed E-state index contributed by atoms with van der Waals surface area (Å²) in [4.78, 5) is 30.5. The van der Waals surface area contributed by atoms with Crippen molar-refractivity contribution < 1.29 is 19.2 Å². The molecule has 7 heteroatoms. The van der Waals surface area contributed by atoms with Crippen LogP contribution in [0.5, 0.6) is 5.75 Å². The number of benzene rings is 3. The third kappa shape index (κ3) is 5.06. The van der Waals surface area contributed by atoms with E-state index in [2.05, 4.69) is 5.48 Å². The molecule has 0 saturated carbocycles. The van der Waals surface area contributed by atoms with Gasteiger partial charge in [0.05, 0.1) is 28.3 Å². The average Bonchev–Trinajstić information content (AvgIpc) is 2.76. The molecule has 3 rings (SSSR count). The number of amides is 1. The van der Waals surface area contributed by atoms with Crippen LogP contribution in [0.1, 0.15) is 47.1 Å². The van der Waals surface area contributed by atoms with Gasteiger partial charge in [-0.2, -0.15) is 5.48 Å². The highest BCUT2D eigenvalue weighted by Gasteiger charge is 2.25. The van der Waals surface area contributed by atoms with E-state index < -0.39 is 11.9 Å². The van der Waals surface area contributed by atoms with Crippen LogP contribution in [0, 0.1) is 0 Å². The van der Waals surface area contributed by atoms with Crippen LogP contribution < -0.4 is 10.2 Å². The van der Waals surface area contributed by atoms with E-state index in [1.807, 2.05) is 57.2 Å². The van der Waals surface area contributed by atoms with Gasteiger partial charge in [-0.25, -0.2) is 4.79 Å². The van der Waals surface area contributed by atoms with Gasteiger partial charge in [0.2, 0.25) is 0 Å². The van der Waals surface area contributed by atoms with Crippen LogP contribution >= 0.6 is 23.2 Å². The van der Waals surface area contributed by atoms with Crippen molar-refractivity contribution in [2.24, 2.45) is 0 Å². The van der Waals surface area contributed by atoms with Gasteiger partial charge in [-0.1, -0.05) is 80.4 Å². The predicted octanol–water partition coefficient (Wildman–Crippen LogP) is 6.47. The Morgan fingerprint density at radius 1 is 0.906 bits per heavy atom. The fourth-order valence-corrected chi connectivity index (χ4v) is 3.73. The van der Waals surface area contributed by atoms with E-state index in [1.54, 1.807) is 12.1 Å². The Morgan fingerprint density at radius 3 is 2.09 bits per heavy atom. The zero-order valence-corrected chi connectivity index (χ0v) is 19.7. The minimum absolute atomic E-state index is 0.0310. The summed E-state index contributed by atoms with van der Waals surface area (Å²) in [5.41, 5.74) is 4.72. The lowest BCUT2D eigenvalue weighted by Gasteiger charge is -2.23. The van der Waals surface area contributed by atoms with Gasteiger partial charge in [0.15, 0.2) is 0 Å². The van der Waals surface area contributed by atoms with Crippen molar-refractivity contribution in [3.05, 3.63) is 87.4 Å². The molecular formula is C25H23Cl2NO4. The first kappa shape index (κ1) is 23.6. The number of rotatable bonds is 4. The number of hydrogen-bond donors (Lipinski definition) is 1. The van der Waals surface area contributed by atoms with E-state index in [0.717, 1.165) is 16.7 Å². The van der Waals surface area contributed by atoms with Crippen LogP contribution in [0.15, 0.2) is 60.7 Å². The molecule has 0 atom stereocenters. The summed E-state index contributed by atoms with van der Waals surface area (Å²) in [5.74, 6) is -1.14. The summed E-state index contributed by atoms with van der Waals surface area (Å²) in [5, 5.41) is 0.242. The number of carbonyl (C=O) groups is 2. The Kier molecular flexibility index (Phi) is 7.12. The molecule has 0 radical (unpaired) electrons. The Bertz CT molecular complexity index is 1130. The largest absolute Gasteiger partial charge is 0.495 e. The summed E-state index contributed by atoms with van der Waals surface area (Å²) >= 11 is 12.1. The maximum absolute atomic E-state index is 13.1. The molecule has 1 N–H and O–H groups in total. The van der Waals surface area contributed by atoms with E-state index in [1.165, 1.54) is 19.2 Å². The van der Waals surface area contributed by atoms with E-state index in [9.17, 15) is 9.59 Å². The average molecular weight is 472 g/mol. The second-order valence-electron chi connectivity index (χ2n) is 8.14. The highest BCUT2D eigenvalue weighted by Crippen LogP contribution is 2.38. The summed E-state index contributed by atoms with van der Waals surface area (Å²) in [7, 11) is 1.49. The molecule has 32 heavy (non-hydrogen) atoms. The summed E-state index contributed by atoms with van der Waals surface area (Å²) in [6.07, 6.45) is 0. The standard InChI is InChI=1S/C25H23Cl2NO4/c1-25(2,3)16-13-17(15-9-6-5-7-10-15)22(31-4)18(14-16)23(29)28-32-24(30)21-19(26)11-8-12-20(21)27/h5-14H,1-4H3,(H,28,29). The lowest BCUT2D eigenvalue weighted by atomic mass is 9.83. The minimum atomic E-state index is -0.872. The number of hydrogen-bond acceptors (Lipinski definition) is 4. The van der Waals surface area contributed by atoms with Crippen molar-refractivity contribution in [2.45, 2.75) is 26.2 Å². The van der Waals surface area contributed by atoms with Gasteiger partial charge in [0.25, 0.3) is 5.91 Å². The smallest absolute Gasteiger partial charge is 0.365 e. The number of halogens is 2. The van der Waals surface area contributed by atoms with E-state index in [4.69, 9.17) is 32.8 Å². The quantitative estimate of drug-likeness (QED) is 0.442. The minimum Gasteiger partial charge on any atom is -0.495 e. The Morgan fingerprint density at radius 2 is 1.53 bits per heavy atom. The first-order chi connectivity index (χ1) is 15.1. The number of ether oxygens (including phenoxy) is 1. The lowest BCUT2D eigenvalue weighted by molar-refractivity contribution is 0.0229. The molecule has 3 aromatic rings. The second kappa shape index (κ2) is 9.63. The topological polar surface area (TPSA) is 64.6 Å². The molecule has 0 aliphatic carbocycles. The van der Waals surface area contributed by atoms with Crippen molar-refractivity contribution in [2.75, 3.05) is 7.11 Å². The van der Waals surface area contributed by atoms with Gasteiger partial charge < -0.3 is 9.57 Å². The van der Waals surface area contributed by atoms with Crippen molar-refractivity contribution in [1.82, 2.24) is 5.48 Å². The zero-order valence-electron chi connectivity index (χ0n) is 18.2. The van der Waals surface area contributed by atoms with Crippen LogP contribution in [0.25, 0.3) is 11.1 Å². The first-order valence-electron chi connectivity index (χ1n) is 9.87. The lowest BCUT2D eigenvalue weighted by Crippen LogP contribution is -2.28. The van der Waals surface area contributed by atoms with Crippen molar-refractivity contribution in [3.8, 4) is 16.9 Å². The highest BCUT2D eigenvalue weighted by atomic mass is 35.5. The SMILES string of the molecule is COc1c(C(=O)NOC(=O)c2c(Cl)cccc2Cl)cc(C(C)(C)C)cc1-c1ccccc1. The van der Waals surface area contributed by atoms with Gasteiger partial charge in [-0.3, -0.25) is 4.79 Å². The molecule has 166 valence electrons. The highest BCUT2D eigenvalue weighted by molar-refractivity contribution is 6.39. The molecule has 0 heterocycles. The molecule has 3 aromatic carbocycles. The Balaban J connectivity index is 1.99. The molecule has 0 aromatic heterocycles. The van der Waals surface area contributed by atoms with Gasteiger partial charge in [-0.15, -0.1) is 0 Å². The fourth-order valence-electron chi connectivity index (χ4n) is 3.17. The summed E-state index contributed by atoms with van der Waals surface area (Å²) < 4.78 is 5.61. The van der Waals surface area contributed by atoms with Gasteiger partial charge in [0.1, 0.15) is 5.75 Å². The van der Waals surface area contributed by atoms with Crippen LogP contribution in [0.2, 0.25) is 10.0 Å². The van der Waals surface area contributed by atoms with Crippen molar-refractivity contribution in [1.29, 1.82) is 0 Å². The van der Waals surface area contributed by atoms with Crippen LogP contribution in [-0.4, -0.2) is 19.0 Å². The monoisotopic (exact) mass is 471 g/mol. The maximum atomic E-state index is 13.1. The zero-order chi connectivity index (χ0) is 23.5. The number of hydroxylamine groups is 1. The predicted molar refractivity (Wildman–Crippen MR) is 126 cm³/mol. The van der Waals surface area contributed by atoms with Gasteiger partial charge in [0, 0.05) is 5.56 Å². The number of methoxy groups -OCH3 is 1. The Hall–Kier alpha value is -3.02. The van der Waals surface area contributed by atoms with Gasteiger partial charge in [-0.05, 0) is 40.8 Å². The first-order valence-corrected chi connectivity index (χ1v) is 10.6. The number of carbonyl (C=O) groups excluding carboxylic acids is 2. The van der Waals surface area contributed by atoms with Crippen LogP contribution in [0.3, 0.4) is 0 Å². The fraction of sp³-hybridized carbons (Fsp3) is 0.200. The molecule has 0 saturated heterocycles. The maximum Gasteiger partial charge on any atom is 0.365 e. The molecule has 0 aliphatic rings. The van der Waals surface area contributed by atoms with E-state index >= 15 is 0 Å². The molecule has 0 fully saturated rings. The molecule has 5 nitrogen and oxygen atoms in total. The van der Waals surface area contributed by atoms with E-state index in [0.29, 0.717) is 5.75 Å². The molecule has 0 bridgehead atoms. The summed E-state index contributed by atoms with van der Waals surface area (Å²) in [6, 6.07) is 18.0. The van der Waals surface area contributed by atoms with Crippen LogP contribution in [-0.2, 0) is 10.3 Å². The summed E-state index contributed by atoms with van der Waals surface area (Å²) in [6.45, 7) is 6.14. The van der Waals surface area contributed by atoms with Crippen LogP contribution in [0.4, 0.5) is 0 Å². The third-order valence-electron chi connectivity index (χ3n) is 4.89. The van der Waals surface area contributed by atoms with E-state index in [-0.39, 0.29) is 26.6 Å². The van der Waals surface area contributed by atoms with Crippen molar-refractivity contribution in [3.63, 3.8) is 0 Å². The molecule has 0 spiro atoms.